The van der Waals surface area contributed by atoms with Gasteiger partial charge in [-0.05, 0) is 54.0 Å². The number of hydrogen-bond donors (Lipinski definition) is 1. The fourth-order valence-electron chi connectivity index (χ4n) is 4.54. The molecule has 2 aliphatic rings. The van der Waals surface area contributed by atoms with Gasteiger partial charge in [0.15, 0.2) is 0 Å². The Kier molecular flexibility index (Phi) is 2.81. The molecule has 0 heterocycles. The minimum Gasteiger partial charge on any atom is -0.324 e. The van der Waals surface area contributed by atoms with Crippen molar-refractivity contribution in [2.45, 2.75) is 31.7 Å². The summed E-state index contributed by atoms with van der Waals surface area (Å²) in [4.78, 5) is 0. The second-order valence-electron chi connectivity index (χ2n) is 6.55. The van der Waals surface area contributed by atoms with Gasteiger partial charge in [-0.25, -0.2) is 4.39 Å². The quantitative estimate of drug-likeness (QED) is 0.858. The van der Waals surface area contributed by atoms with Crippen LogP contribution in [0.15, 0.2) is 36.4 Å². The molecule has 2 saturated carbocycles. The molecule has 0 spiro atoms. The van der Waals surface area contributed by atoms with Gasteiger partial charge in [0.2, 0.25) is 0 Å². The monoisotopic (exact) mass is 269 g/mol. The van der Waals surface area contributed by atoms with Gasteiger partial charge in [0.25, 0.3) is 0 Å². The highest BCUT2D eigenvalue weighted by Crippen LogP contribution is 2.52. The van der Waals surface area contributed by atoms with Crippen LogP contribution in [0.2, 0.25) is 0 Å². The van der Waals surface area contributed by atoms with Crippen molar-refractivity contribution in [3.8, 4) is 0 Å². The number of rotatable bonds is 2. The van der Waals surface area contributed by atoms with Crippen LogP contribution in [0.4, 0.5) is 4.39 Å². The molecule has 0 amide bonds. The van der Waals surface area contributed by atoms with Crippen LogP contribution in [0.3, 0.4) is 0 Å². The van der Waals surface area contributed by atoms with E-state index in [2.05, 4.69) is 0 Å². The van der Waals surface area contributed by atoms with E-state index in [1.54, 1.807) is 6.07 Å². The van der Waals surface area contributed by atoms with Gasteiger partial charge in [-0.3, -0.25) is 0 Å². The molecule has 4 atom stereocenters. The van der Waals surface area contributed by atoms with Crippen molar-refractivity contribution >= 4 is 10.8 Å². The van der Waals surface area contributed by atoms with Crippen molar-refractivity contribution < 1.29 is 4.39 Å². The van der Waals surface area contributed by atoms with Gasteiger partial charge in [0.1, 0.15) is 5.82 Å². The molecular formula is C18H20FN. The maximum Gasteiger partial charge on any atom is 0.131 e. The molecule has 2 aliphatic carbocycles. The summed E-state index contributed by atoms with van der Waals surface area (Å²) in [5.41, 5.74) is 7.71. The zero-order valence-corrected chi connectivity index (χ0v) is 11.6. The standard InChI is InChI=1S/C18H20FN/c19-17-8-7-15(13-3-1-2-4-14(13)17)18(20)16-10-11-5-6-12(16)9-11/h1-4,7-8,11-12,16,18H,5-6,9-10,20H2. The Balaban J connectivity index is 1.77. The Bertz CT molecular complexity index is 651. The third-order valence-corrected chi connectivity index (χ3v) is 5.52. The lowest BCUT2D eigenvalue weighted by molar-refractivity contribution is 0.285. The van der Waals surface area contributed by atoms with Gasteiger partial charge in [-0.15, -0.1) is 0 Å². The van der Waals surface area contributed by atoms with E-state index >= 15 is 0 Å². The normalized spacial score (nSPS) is 30.0. The van der Waals surface area contributed by atoms with Gasteiger partial charge in [0.05, 0.1) is 0 Å². The van der Waals surface area contributed by atoms with Crippen molar-refractivity contribution in [2.24, 2.45) is 23.5 Å². The molecule has 0 aliphatic heterocycles. The largest absolute Gasteiger partial charge is 0.324 e. The van der Waals surface area contributed by atoms with Crippen molar-refractivity contribution in [1.82, 2.24) is 0 Å². The number of halogens is 1. The van der Waals surface area contributed by atoms with E-state index in [-0.39, 0.29) is 11.9 Å². The van der Waals surface area contributed by atoms with Crippen LogP contribution in [0.25, 0.3) is 10.8 Å². The van der Waals surface area contributed by atoms with Crippen LogP contribution >= 0.6 is 0 Å². The number of nitrogens with two attached hydrogens (primary N) is 1. The summed E-state index contributed by atoms with van der Waals surface area (Å²) in [6, 6.07) is 11.2. The Morgan fingerprint density at radius 2 is 1.80 bits per heavy atom. The Hall–Kier alpha value is -1.41. The van der Waals surface area contributed by atoms with E-state index in [1.165, 1.54) is 25.7 Å². The highest BCUT2D eigenvalue weighted by Gasteiger charge is 2.42. The summed E-state index contributed by atoms with van der Waals surface area (Å²) >= 11 is 0. The zero-order valence-electron chi connectivity index (χ0n) is 11.6. The second-order valence-corrected chi connectivity index (χ2v) is 6.55. The lowest BCUT2D eigenvalue weighted by Crippen LogP contribution is -2.26. The van der Waals surface area contributed by atoms with Crippen LogP contribution in [0, 0.1) is 23.6 Å². The summed E-state index contributed by atoms with van der Waals surface area (Å²) in [7, 11) is 0. The second kappa shape index (κ2) is 4.56. The molecule has 2 aromatic carbocycles. The van der Waals surface area contributed by atoms with Crippen LogP contribution in [-0.2, 0) is 0 Å². The van der Waals surface area contributed by atoms with Crippen molar-refractivity contribution in [1.29, 1.82) is 0 Å². The predicted octanol–water partition coefficient (Wildman–Crippen LogP) is 4.41. The first kappa shape index (κ1) is 12.3. The number of benzene rings is 2. The molecule has 4 unspecified atom stereocenters. The smallest absolute Gasteiger partial charge is 0.131 e. The topological polar surface area (TPSA) is 26.0 Å². The lowest BCUT2D eigenvalue weighted by atomic mass is 9.80. The van der Waals surface area contributed by atoms with Crippen molar-refractivity contribution in [3.05, 3.63) is 47.8 Å². The van der Waals surface area contributed by atoms with Gasteiger partial charge < -0.3 is 5.73 Å². The first-order chi connectivity index (χ1) is 9.74. The molecule has 0 radical (unpaired) electrons. The van der Waals surface area contributed by atoms with Crippen LogP contribution in [-0.4, -0.2) is 0 Å². The number of hydrogen-bond acceptors (Lipinski definition) is 1. The third-order valence-electron chi connectivity index (χ3n) is 5.52. The maximum absolute atomic E-state index is 13.9. The molecule has 2 fully saturated rings. The fourth-order valence-corrected chi connectivity index (χ4v) is 4.54. The highest BCUT2D eigenvalue weighted by molar-refractivity contribution is 5.86. The van der Waals surface area contributed by atoms with Crippen molar-refractivity contribution in [2.75, 3.05) is 0 Å². The molecule has 104 valence electrons. The van der Waals surface area contributed by atoms with Gasteiger partial charge in [-0.1, -0.05) is 36.8 Å². The minimum absolute atomic E-state index is 0.0517. The van der Waals surface area contributed by atoms with Crippen molar-refractivity contribution in [3.63, 3.8) is 0 Å². The van der Waals surface area contributed by atoms with E-state index in [9.17, 15) is 4.39 Å². The molecule has 1 nitrogen and oxygen atoms in total. The zero-order chi connectivity index (χ0) is 13.7. The summed E-state index contributed by atoms with van der Waals surface area (Å²) in [5.74, 6) is 2.12. The predicted molar refractivity (Wildman–Crippen MR) is 79.8 cm³/mol. The molecule has 20 heavy (non-hydrogen) atoms. The lowest BCUT2D eigenvalue weighted by Gasteiger charge is -2.28. The minimum atomic E-state index is -0.149. The van der Waals surface area contributed by atoms with Gasteiger partial charge >= 0.3 is 0 Å². The molecule has 4 rings (SSSR count). The van der Waals surface area contributed by atoms with Crippen LogP contribution in [0.1, 0.15) is 37.3 Å². The molecule has 2 aromatic rings. The highest BCUT2D eigenvalue weighted by atomic mass is 19.1. The SMILES string of the molecule is NC(c1ccc(F)c2ccccc12)C1CC2CCC1C2. The van der Waals surface area contributed by atoms with E-state index in [0.717, 1.165) is 22.8 Å². The molecule has 2 heteroatoms. The van der Waals surface area contributed by atoms with Gasteiger partial charge in [-0.2, -0.15) is 0 Å². The summed E-state index contributed by atoms with van der Waals surface area (Å²) in [6.07, 6.45) is 5.34. The third kappa shape index (κ3) is 1.78. The van der Waals surface area contributed by atoms with Crippen LogP contribution < -0.4 is 5.73 Å². The van der Waals surface area contributed by atoms with E-state index < -0.39 is 0 Å². The summed E-state index contributed by atoms with van der Waals surface area (Å²) < 4.78 is 13.9. The Morgan fingerprint density at radius 3 is 2.50 bits per heavy atom. The summed E-state index contributed by atoms with van der Waals surface area (Å²) in [5, 5.41) is 1.69. The Labute approximate surface area is 119 Å². The fraction of sp³-hybridized carbons (Fsp3) is 0.444. The first-order valence-corrected chi connectivity index (χ1v) is 7.67. The first-order valence-electron chi connectivity index (χ1n) is 7.67. The Morgan fingerprint density at radius 1 is 1.00 bits per heavy atom. The molecule has 2 N–H and O–H groups in total. The average Bonchev–Trinajstić information content (AvgIpc) is 3.10. The average molecular weight is 269 g/mol. The van der Waals surface area contributed by atoms with E-state index in [1.807, 2.05) is 30.3 Å². The summed E-state index contributed by atoms with van der Waals surface area (Å²) in [6.45, 7) is 0. The van der Waals surface area contributed by atoms with E-state index in [0.29, 0.717) is 11.3 Å². The number of fused-ring (bicyclic) bond motifs is 3. The molecule has 0 saturated heterocycles. The molecular weight excluding hydrogens is 249 g/mol. The molecule has 0 aromatic heterocycles. The van der Waals surface area contributed by atoms with Gasteiger partial charge in [0, 0.05) is 11.4 Å². The molecule has 2 bridgehead atoms. The van der Waals surface area contributed by atoms with Crippen LogP contribution in [0.5, 0.6) is 0 Å². The van der Waals surface area contributed by atoms with E-state index in [4.69, 9.17) is 5.73 Å². The maximum atomic E-state index is 13.9.